The SMILES string of the molecule is CCc1ccc(-n2nnc3cnc(NC4CCC(C(N)=O)C4)nc32)cc1. The van der Waals surface area contributed by atoms with Gasteiger partial charge in [0.25, 0.3) is 0 Å². The fourth-order valence-electron chi connectivity index (χ4n) is 3.40. The van der Waals surface area contributed by atoms with Crippen molar-refractivity contribution in [2.75, 3.05) is 5.32 Å². The summed E-state index contributed by atoms with van der Waals surface area (Å²) in [6.45, 7) is 2.12. The number of anilines is 1. The van der Waals surface area contributed by atoms with Crippen LogP contribution in [-0.2, 0) is 11.2 Å². The lowest BCUT2D eigenvalue weighted by atomic mass is 10.1. The van der Waals surface area contributed by atoms with Gasteiger partial charge in [-0.2, -0.15) is 9.67 Å². The van der Waals surface area contributed by atoms with Crippen molar-refractivity contribution in [3.05, 3.63) is 36.0 Å². The molecule has 1 saturated carbocycles. The second kappa shape index (κ2) is 6.70. The summed E-state index contributed by atoms with van der Waals surface area (Å²) in [6.07, 6.45) is 5.05. The summed E-state index contributed by atoms with van der Waals surface area (Å²) in [5.41, 5.74) is 8.86. The first kappa shape index (κ1) is 16.4. The van der Waals surface area contributed by atoms with E-state index in [-0.39, 0.29) is 17.9 Å². The zero-order chi connectivity index (χ0) is 18.1. The maximum absolute atomic E-state index is 11.3. The number of fused-ring (bicyclic) bond motifs is 1. The van der Waals surface area contributed by atoms with Gasteiger partial charge in [0.1, 0.15) is 0 Å². The molecular weight excluding hydrogens is 330 g/mol. The number of amides is 1. The van der Waals surface area contributed by atoms with Gasteiger partial charge in [-0.3, -0.25) is 4.79 Å². The molecule has 2 atom stereocenters. The maximum atomic E-state index is 11.3. The highest BCUT2D eigenvalue weighted by Gasteiger charge is 2.28. The van der Waals surface area contributed by atoms with Crippen LogP contribution in [0.1, 0.15) is 31.7 Å². The molecule has 0 radical (unpaired) electrons. The first-order chi connectivity index (χ1) is 12.6. The van der Waals surface area contributed by atoms with Gasteiger partial charge in [-0.05, 0) is 43.4 Å². The zero-order valence-corrected chi connectivity index (χ0v) is 14.6. The van der Waals surface area contributed by atoms with Crippen LogP contribution in [0.2, 0.25) is 0 Å². The first-order valence-corrected chi connectivity index (χ1v) is 8.87. The van der Waals surface area contributed by atoms with E-state index in [2.05, 4.69) is 44.7 Å². The van der Waals surface area contributed by atoms with E-state index in [0.29, 0.717) is 23.5 Å². The van der Waals surface area contributed by atoms with Crippen LogP contribution in [0.3, 0.4) is 0 Å². The van der Waals surface area contributed by atoms with Gasteiger partial charge >= 0.3 is 0 Å². The van der Waals surface area contributed by atoms with Crippen LogP contribution in [0.4, 0.5) is 5.95 Å². The summed E-state index contributed by atoms with van der Waals surface area (Å²) in [5.74, 6) is 0.213. The highest BCUT2D eigenvalue weighted by atomic mass is 16.1. The lowest BCUT2D eigenvalue weighted by Gasteiger charge is -2.12. The van der Waals surface area contributed by atoms with Crippen molar-refractivity contribution in [1.82, 2.24) is 25.0 Å². The maximum Gasteiger partial charge on any atom is 0.225 e. The molecule has 134 valence electrons. The Morgan fingerprint density at radius 3 is 2.81 bits per heavy atom. The van der Waals surface area contributed by atoms with Crippen molar-refractivity contribution < 1.29 is 4.79 Å². The molecule has 0 bridgehead atoms. The largest absolute Gasteiger partial charge is 0.369 e. The predicted molar refractivity (Wildman–Crippen MR) is 97.8 cm³/mol. The summed E-state index contributed by atoms with van der Waals surface area (Å²) in [4.78, 5) is 20.2. The quantitative estimate of drug-likeness (QED) is 0.725. The standard InChI is InChI=1S/C18H21N7O/c1-2-11-3-7-14(8-4-11)25-17-15(23-24-25)10-20-18(22-17)21-13-6-5-12(9-13)16(19)26/h3-4,7-8,10,12-13H,2,5-6,9H2,1H3,(H2,19,26)(H,20,21,22). The Balaban J connectivity index is 1.59. The van der Waals surface area contributed by atoms with Crippen LogP contribution in [0.25, 0.3) is 16.9 Å². The van der Waals surface area contributed by atoms with E-state index in [0.717, 1.165) is 24.9 Å². The third-order valence-corrected chi connectivity index (χ3v) is 4.95. The van der Waals surface area contributed by atoms with E-state index in [9.17, 15) is 4.79 Å². The van der Waals surface area contributed by atoms with Crippen LogP contribution >= 0.6 is 0 Å². The third kappa shape index (κ3) is 3.10. The summed E-state index contributed by atoms with van der Waals surface area (Å²) < 4.78 is 1.71. The number of carbonyl (C=O) groups is 1. The second-order valence-corrected chi connectivity index (χ2v) is 6.68. The number of hydrogen-bond donors (Lipinski definition) is 2. The molecule has 1 aromatic carbocycles. The predicted octanol–water partition coefficient (Wildman–Crippen LogP) is 1.84. The molecule has 1 aliphatic carbocycles. The van der Waals surface area contributed by atoms with E-state index in [1.54, 1.807) is 10.9 Å². The topological polar surface area (TPSA) is 112 Å². The molecule has 3 aromatic rings. The van der Waals surface area contributed by atoms with E-state index < -0.39 is 0 Å². The van der Waals surface area contributed by atoms with Gasteiger partial charge in [0.05, 0.1) is 11.9 Å². The molecule has 0 saturated heterocycles. The fourth-order valence-corrected chi connectivity index (χ4v) is 3.40. The monoisotopic (exact) mass is 351 g/mol. The first-order valence-electron chi connectivity index (χ1n) is 8.87. The molecule has 1 fully saturated rings. The number of nitrogens with zero attached hydrogens (tertiary/aromatic N) is 5. The van der Waals surface area contributed by atoms with Crippen molar-refractivity contribution in [3.63, 3.8) is 0 Å². The number of primary amides is 1. The van der Waals surface area contributed by atoms with Gasteiger partial charge in [0, 0.05) is 12.0 Å². The zero-order valence-electron chi connectivity index (χ0n) is 14.6. The molecule has 2 aromatic heterocycles. The molecule has 8 nitrogen and oxygen atoms in total. The summed E-state index contributed by atoms with van der Waals surface area (Å²) in [6, 6.07) is 8.32. The lowest BCUT2D eigenvalue weighted by molar-refractivity contribution is -0.121. The molecule has 8 heteroatoms. The molecule has 2 unspecified atom stereocenters. The molecular formula is C18H21N7O. The smallest absolute Gasteiger partial charge is 0.225 e. The molecule has 3 N–H and O–H groups in total. The number of aromatic nitrogens is 5. The Morgan fingerprint density at radius 2 is 2.12 bits per heavy atom. The van der Waals surface area contributed by atoms with Gasteiger partial charge < -0.3 is 11.1 Å². The molecule has 1 aliphatic rings. The van der Waals surface area contributed by atoms with E-state index in [1.807, 2.05) is 12.1 Å². The fraction of sp³-hybridized carbons (Fsp3) is 0.389. The Bertz CT molecular complexity index is 934. The number of benzene rings is 1. The molecule has 26 heavy (non-hydrogen) atoms. The van der Waals surface area contributed by atoms with Crippen molar-refractivity contribution in [2.24, 2.45) is 11.7 Å². The lowest BCUT2D eigenvalue weighted by Crippen LogP contribution is -2.23. The minimum absolute atomic E-state index is 0.0690. The number of rotatable bonds is 5. The molecule has 4 rings (SSSR count). The van der Waals surface area contributed by atoms with Crippen molar-refractivity contribution in [3.8, 4) is 5.69 Å². The third-order valence-electron chi connectivity index (χ3n) is 4.95. The second-order valence-electron chi connectivity index (χ2n) is 6.68. The average Bonchev–Trinajstić information content (AvgIpc) is 3.29. The van der Waals surface area contributed by atoms with E-state index in [1.165, 1.54) is 5.56 Å². The minimum Gasteiger partial charge on any atom is -0.369 e. The van der Waals surface area contributed by atoms with Gasteiger partial charge in [0.2, 0.25) is 11.9 Å². The average molecular weight is 351 g/mol. The Hall–Kier alpha value is -3.03. The van der Waals surface area contributed by atoms with Crippen LogP contribution in [0.5, 0.6) is 0 Å². The number of nitrogens with one attached hydrogen (secondary N) is 1. The summed E-state index contributed by atoms with van der Waals surface area (Å²) in [5, 5.41) is 11.7. The number of nitrogens with two attached hydrogens (primary N) is 1. The van der Waals surface area contributed by atoms with E-state index in [4.69, 9.17) is 5.73 Å². The van der Waals surface area contributed by atoms with Crippen LogP contribution < -0.4 is 11.1 Å². The van der Waals surface area contributed by atoms with Crippen molar-refractivity contribution in [1.29, 1.82) is 0 Å². The molecule has 2 heterocycles. The highest BCUT2D eigenvalue weighted by molar-refractivity contribution is 5.77. The summed E-state index contributed by atoms with van der Waals surface area (Å²) >= 11 is 0. The van der Waals surface area contributed by atoms with Gasteiger partial charge in [0.15, 0.2) is 11.2 Å². The van der Waals surface area contributed by atoms with Crippen LogP contribution in [0.15, 0.2) is 30.5 Å². The number of hydrogen-bond acceptors (Lipinski definition) is 6. The molecule has 0 aliphatic heterocycles. The molecule has 1 amide bonds. The van der Waals surface area contributed by atoms with Gasteiger partial charge in [-0.15, -0.1) is 5.10 Å². The normalized spacial score (nSPS) is 19.7. The number of aryl methyl sites for hydroxylation is 1. The Kier molecular flexibility index (Phi) is 4.24. The van der Waals surface area contributed by atoms with Gasteiger partial charge in [-0.25, -0.2) is 4.98 Å². The van der Waals surface area contributed by atoms with Crippen LogP contribution in [0, 0.1) is 5.92 Å². The molecule has 0 spiro atoms. The Labute approximate surface area is 150 Å². The van der Waals surface area contributed by atoms with E-state index >= 15 is 0 Å². The minimum atomic E-state index is -0.233. The highest BCUT2D eigenvalue weighted by Crippen LogP contribution is 2.27. The van der Waals surface area contributed by atoms with Crippen molar-refractivity contribution in [2.45, 2.75) is 38.6 Å². The number of carbonyl (C=O) groups excluding carboxylic acids is 1. The van der Waals surface area contributed by atoms with Crippen molar-refractivity contribution >= 4 is 23.0 Å². The van der Waals surface area contributed by atoms with Crippen LogP contribution in [-0.4, -0.2) is 36.9 Å². The Morgan fingerprint density at radius 1 is 1.31 bits per heavy atom. The summed E-state index contributed by atoms with van der Waals surface area (Å²) in [7, 11) is 0. The van der Waals surface area contributed by atoms with Gasteiger partial charge in [-0.1, -0.05) is 24.3 Å².